The van der Waals surface area contributed by atoms with Crippen molar-refractivity contribution < 1.29 is 39.8 Å². The van der Waals surface area contributed by atoms with Crippen molar-refractivity contribution >= 4 is 5.91 Å². The van der Waals surface area contributed by atoms with Gasteiger partial charge in [-0.15, -0.1) is 0 Å². The molecule has 1 aliphatic heterocycles. The molecule has 9 nitrogen and oxygen atoms in total. The molecule has 6 N–H and O–H groups in total. The molecule has 1 rings (SSSR count). The Morgan fingerprint density at radius 2 is 0.857 bits per heavy atom. The number of hydrogen-bond donors (Lipinski definition) is 6. The van der Waals surface area contributed by atoms with Gasteiger partial charge in [0.15, 0.2) is 6.29 Å². The van der Waals surface area contributed by atoms with Crippen molar-refractivity contribution in [3.8, 4) is 0 Å². The Bertz CT molecular complexity index is 1280. The molecule has 0 spiro atoms. The summed E-state index contributed by atoms with van der Waals surface area (Å²) in [6.45, 7) is 3.73. The number of allylic oxidation sites excluding steroid dienone is 9. The van der Waals surface area contributed by atoms with Gasteiger partial charge in [0.1, 0.15) is 24.4 Å². The number of amides is 1. The van der Waals surface area contributed by atoms with Crippen LogP contribution in [0.25, 0.3) is 0 Å². The predicted octanol–water partition coefficient (Wildman–Crippen LogP) is 14.7. The highest BCUT2D eigenvalue weighted by molar-refractivity contribution is 5.76. The van der Waals surface area contributed by atoms with E-state index < -0.39 is 49.5 Å². The topological polar surface area (TPSA) is 149 Å². The van der Waals surface area contributed by atoms with Crippen LogP contribution in [-0.4, -0.2) is 87.5 Å². The van der Waals surface area contributed by atoms with Gasteiger partial charge in [0.2, 0.25) is 5.91 Å². The van der Waals surface area contributed by atoms with Gasteiger partial charge in [0, 0.05) is 6.42 Å². The van der Waals surface area contributed by atoms with E-state index in [2.05, 4.69) is 67.8 Å². The quantitative estimate of drug-likeness (QED) is 0.0261. The molecule has 0 saturated carbocycles. The van der Waals surface area contributed by atoms with Gasteiger partial charge >= 0.3 is 0 Å². The molecule has 1 heterocycles. The van der Waals surface area contributed by atoms with Crippen molar-refractivity contribution in [2.24, 2.45) is 0 Å². The fourth-order valence-electron chi connectivity index (χ4n) is 9.10. The van der Waals surface area contributed by atoms with Crippen molar-refractivity contribution in [2.75, 3.05) is 13.2 Å². The first kappa shape index (κ1) is 65.9. The number of carbonyl (C=O) groups is 1. The van der Waals surface area contributed by atoms with Crippen LogP contribution in [0.15, 0.2) is 60.8 Å². The lowest BCUT2D eigenvalue weighted by molar-refractivity contribution is -0.302. The Morgan fingerprint density at radius 3 is 1.31 bits per heavy atom. The second kappa shape index (κ2) is 50.4. The monoisotopic (exact) mass is 986 g/mol. The standard InChI is InChI=1S/C61H111NO8/c1-3-5-7-9-11-13-15-17-19-20-21-22-23-24-25-26-27-28-29-30-31-32-33-34-35-37-38-40-42-44-46-48-50-55(64)54(53-69-61-60(68)59(67)58(66)56(52-63)70-61)62-57(65)51-49-47-45-43-41-39-36-18-16-14-12-10-8-6-4-2/h12,14,18,34-36,40,42,48,50,54-56,58-61,63-64,66-68H,3-11,13,15-17,19-33,37-39,41,43-47,49,51-53H2,1-2H3,(H,62,65)/b14-12-,35-34+,36-18-,42-40+,50-48+. The molecule has 0 aliphatic carbocycles. The zero-order valence-electron chi connectivity index (χ0n) is 45.3. The van der Waals surface area contributed by atoms with Gasteiger partial charge in [-0.05, 0) is 77.0 Å². The number of carbonyl (C=O) groups excluding carboxylic acids is 1. The van der Waals surface area contributed by atoms with E-state index in [1.165, 1.54) is 173 Å². The van der Waals surface area contributed by atoms with E-state index in [0.29, 0.717) is 6.42 Å². The molecule has 0 aromatic rings. The molecule has 408 valence electrons. The Morgan fingerprint density at radius 1 is 0.486 bits per heavy atom. The highest BCUT2D eigenvalue weighted by Gasteiger charge is 2.44. The summed E-state index contributed by atoms with van der Waals surface area (Å²) in [5.41, 5.74) is 0. The normalized spacial score (nSPS) is 19.8. The third kappa shape index (κ3) is 39.4. The van der Waals surface area contributed by atoms with Crippen molar-refractivity contribution in [3.05, 3.63) is 60.8 Å². The van der Waals surface area contributed by atoms with Gasteiger partial charge in [-0.3, -0.25) is 4.79 Å². The van der Waals surface area contributed by atoms with E-state index in [1.807, 2.05) is 6.08 Å². The van der Waals surface area contributed by atoms with Crippen molar-refractivity contribution in [2.45, 2.75) is 307 Å². The van der Waals surface area contributed by atoms with E-state index in [1.54, 1.807) is 6.08 Å². The number of rotatable bonds is 50. The lowest BCUT2D eigenvalue weighted by Crippen LogP contribution is -2.60. The highest BCUT2D eigenvalue weighted by Crippen LogP contribution is 2.23. The maximum Gasteiger partial charge on any atom is 0.220 e. The van der Waals surface area contributed by atoms with Crippen LogP contribution >= 0.6 is 0 Å². The van der Waals surface area contributed by atoms with E-state index in [4.69, 9.17) is 9.47 Å². The van der Waals surface area contributed by atoms with Gasteiger partial charge in [-0.2, -0.15) is 0 Å². The summed E-state index contributed by atoms with van der Waals surface area (Å²) < 4.78 is 11.2. The summed E-state index contributed by atoms with van der Waals surface area (Å²) in [6, 6.07) is -0.838. The summed E-state index contributed by atoms with van der Waals surface area (Å²) in [5.74, 6) is -0.205. The van der Waals surface area contributed by atoms with Crippen LogP contribution in [0, 0.1) is 0 Å². The molecule has 7 unspecified atom stereocenters. The minimum Gasteiger partial charge on any atom is -0.394 e. The SMILES string of the molecule is CCCCC/C=C\C/C=C\CCCCCCCC(=O)NC(COC1OC(CO)C(O)C(O)C1O)C(O)/C=C/CC/C=C/CC/C=C/CCCCCCCCCCCCCCCCCCCCCCCC. The number of nitrogens with one attached hydrogen (secondary N) is 1. The first-order valence-corrected chi connectivity index (χ1v) is 29.5. The Kier molecular flexibility index (Phi) is 47.5. The van der Waals surface area contributed by atoms with E-state index in [9.17, 15) is 30.3 Å². The Balaban J connectivity index is 2.21. The molecular formula is C61H111NO8. The van der Waals surface area contributed by atoms with Crippen molar-refractivity contribution in [3.63, 3.8) is 0 Å². The molecule has 0 aromatic carbocycles. The summed E-state index contributed by atoms with van der Waals surface area (Å²) in [7, 11) is 0. The molecule has 70 heavy (non-hydrogen) atoms. The van der Waals surface area contributed by atoms with Crippen LogP contribution in [0.5, 0.6) is 0 Å². The molecule has 9 heteroatoms. The summed E-state index contributed by atoms with van der Waals surface area (Å²) in [4.78, 5) is 13.0. The molecule has 0 bridgehead atoms. The van der Waals surface area contributed by atoms with Gasteiger partial charge in [0.05, 0.1) is 25.4 Å². The Labute approximate surface area is 430 Å². The smallest absolute Gasteiger partial charge is 0.220 e. The zero-order valence-corrected chi connectivity index (χ0v) is 45.3. The lowest BCUT2D eigenvalue weighted by atomic mass is 9.99. The second-order valence-electron chi connectivity index (χ2n) is 20.4. The second-order valence-corrected chi connectivity index (χ2v) is 20.4. The first-order valence-electron chi connectivity index (χ1n) is 29.5. The minimum absolute atomic E-state index is 0.205. The van der Waals surface area contributed by atoms with Gasteiger partial charge in [-0.1, -0.05) is 242 Å². The largest absolute Gasteiger partial charge is 0.394 e. The average Bonchev–Trinajstić information content (AvgIpc) is 3.36. The van der Waals surface area contributed by atoms with E-state index in [-0.39, 0.29) is 12.5 Å². The first-order chi connectivity index (χ1) is 34.3. The summed E-state index contributed by atoms with van der Waals surface area (Å²) in [6.07, 6.45) is 61.7. The molecule has 0 aromatic heterocycles. The Hall–Kier alpha value is -2.11. The minimum atomic E-state index is -1.58. The van der Waals surface area contributed by atoms with Crippen LogP contribution in [0.4, 0.5) is 0 Å². The van der Waals surface area contributed by atoms with Crippen LogP contribution in [-0.2, 0) is 14.3 Å². The number of ether oxygens (including phenoxy) is 2. The van der Waals surface area contributed by atoms with Crippen LogP contribution in [0.2, 0.25) is 0 Å². The zero-order chi connectivity index (χ0) is 50.8. The number of unbranched alkanes of at least 4 members (excludes halogenated alkanes) is 32. The fourth-order valence-corrected chi connectivity index (χ4v) is 9.10. The number of aliphatic hydroxyl groups excluding tert-OH is 5. The molecule has 1 amide bonds. The van der Waals surface area contributed by atoms with Gasteiger partial charge in [-0.25, -0.2) is 0 Å². The molecule has 1 saturated heterocycles. The van der Waals surface area contributed by atoms with Crippen molar-refractivity contribution in [1.29, 1.82) is 0 Å². The van der Waals surface area contributed by atoms with Crippen LogP contribution < -0.4 is 5.32 Å². The summed E-state index contributed by atoms with van der Waals surface area (Å²) in [5, 5.41) is 54.4. The fraction of sp³-hybridized carbons (Fsp3) is 0.820. The molecule has 1 aliphatic rings. The lowest BCUT2D eigenvalue weighted by Gasteiger charge is -2.40. The average molecular weight is 987 g/mol. The van der Waals surface area contributed by atoms with Gasteiger partial charge in [0.25, 0.3) is 0 Å². The maximum absolute atomic E-state index is 13.0. The number of hydrogen-bond acceptors (Lipinski definition) is 8. The van der Waals surface area contributed by atoms with Crippen LogP contribution in [0.1, 0.15) is 264 Å². The molecule has 1 fully saturated rings. The third-order valence-electron chi connectivity index (χ3n) is 13.8. The maximum atomic E-state index is 13.0. The number of aliphatic hydroxyl groups is 5. The van der Waals surface area contributed by atoms with E-state index >= 15 is 0 Å². The predicted molar refractivity (Wildman–Crippen MR) is 295 cm³/mol. The summed E-state index contributed by atoms with van der Waals surface area (Å²) >= 11 is 0. The molecule has 0 radical (unpaired) electrons. The highest BCUT2D eigenvalue weighted by atomic mass is 16.7. The van der Waals surface area contributed by atoms with Crippen molar-refractivity contribution in [1.82, 2.24) is 5.32 Å². The third-order valence-corrected chi connectivity index (χ3v) is 13.8. The molecule has 7 atom stereocenters. The molecular weight excluding hydrogens is 875 g/mol. The van der Waals surface area contributed by atoms with E-state index in [0.717, 1.165) is 70.6 Å². The van der Waals surface area contributed by atoms with Crippen LogP contribution in [0.3, 0.4) is 0 Å². The van der Waals surface area contributed by atoms with Gasteiger partial charge < -0.3 is 40.3 Å².